The Morgan fingerprint density at radius 3 is 2.96 bits per heavy atom. The molecule has 0 bridgehead atoms. The van der Waals surface area contributed by atoms with Gasteiger partial charge in [0.1, 0.15) is 5.75 Å². The van der Waals surface area contributed by atoms with Crippen molar-refractivity contribution in [1.29, 1.82) is 0 Å². The minimum absolute atomic E-state index is 0.173. The minimum atomic E-state index is -0.173. The topological polar surface area (TPSA) is 78.0 Å². The molecule has 7 nitrogen and oxygen atoms in total. The first-order chi connectivity index (χ1) is 13.0. The summed E-state index contributed by atoms with van der Waals surface area (Å²) < 4.78 is 5.43. The van der Waals surface area contributed by atoms with E-state index < -0.39 is 0 Å². The molecule has 3 N–H and O–H groups in total. The summed E-state index contributed by atoms with van der Waals surface area (Å²) in [6.45, 7) is 7.70. The van der Waals surface area contributed by atoms with Gasteiger partial charge in [0.25, 0.3) is 5.91 Å². The molecule has 1 amide bonds. The number of halogens is 1. The average molecular weight is 394 g/mol. The van der Waals surface area contributed by atoms with Crippen molar-refractivity contribution in [2.24, 2.45) is 4.99 Å². The molecular formula is C19H28ClN5O2. The lowest BCUT2D eigenvalue weighted by Crippen LogP contribution is -2.40. The van der Waals surface area contributed by atoms with Gasteiger partial charge in [0.15, 0.2) is 5.96 Å². The van der Waals surface area contributed by atoms with E-state index in [0.29, 0.717) is 40.6 Å². The van der Waals surface area contributed by atoms with Crippen molar-refractivity contribution < 1.29 is 9.53 Å². The number of aliphatic imine (C=N–C) groups is 1. The van der Waals surface area contributed by atoms with Crippen LogP contribution in [0.15, 0.2) is 17.1 Å². The van der Waals surface area contributed by atoms with E-state index >= 15 is 0 Å². The molecule has 0 aromatic heterocycles. The highest BCUT2D eigenvalue weighted by Gasteiger charge is 2.24. The largest absolute Gasteiger partial charge is 0.496 e. The molecule has 2 heterocycles. The summed E-state index contributed by atoms with van der Waals surface area (Å²) in [6, 6.07) is 3.99. The molecule has 1 aromatic rings. The summed E-state index contributed by atoms with van der Waals surface area (Å²) in [7, 11) is 1.55. The van der Waals surface area contributed by atoms with Gasteiger partial charge in [-0.1, -0.05) is 18.5 Å². The molecule has 2 aliphatic heterocycles. The number of amides is 1. The van der Waals surface area contributed by atoms with E-state index in [2.05, 4.69) is 32.8 Å². The summed E-state index contributed by atoms with van der Waals surface area (Å²) in [5.41, 5.74) is 1.09. The molecule has 3 rings (SSSR count). The van der Waals surface area contributed by atoms with Gasteiger partial charge in [0, 0.05) is 25.2 Å². The lowest BCUT2D eigenvalue weighted by Gasteiger charge is -2.23. The van der Waals surface area contributed by atoms with Crippen LogP contribution in [-0.2, 0) is 0 Å². The maximum atomic E-state index is 12.7. The first-order valence-electron chi connectivity index (χ1n) is 9.50. The van der Waals surface area contributed by atoms with Crippen molar-refractivity contribution in [3.8, 4) is 5.75 Å². The summed E-state index contributed by atoms with van der Waals surface area (Å²) in [6.07, 6.45) is 2.29. The predicted molar refractivity (Wildman–Crippen MR) is 109 cm³/mol. The van der Waals surface area contributed by atoms with E-state index in [1.54, 1.807) is 19.2 Å². The number of methoxy groups -OCH3 is 1. The Hall–Kier alpha value is -1.99. The van der Waals surface area contributed by atoms with E-state index in [0.717, 1.165) is 26.1 Å². The number of likely N-dealkylation sites (N-methyl/N-ethyl adjacent to an activating group) is 1. The molecule has 27 heavy (non-hydrogen) atoms. The van der Waals surface area contributed by atoms with Crippen molar-refractivity contribution in [2.75, 3.05) is 38.6 Å². The highest BCUT2D eigenvalue weighted by molar-refractivity contribution is 6.34. The van der Waals surface area contributed by atoms with Gasteiger partial charge in [0.2, 0.25) is 0 Å². The first kappa shape index (κ1) is 19.8. The molecular weight excluding hydrogens is 366 g/mol. The molecule has 2 unspecified atom stereocenters. The number of benzene rings is 1. The number of ether oxygens (including phenoxy) is 1. The lowest BCUT2D eigenvalue weighted by atomic mass is 10.1. The number of guanidine groups is 1. The van der Waals surface area contributed by atoms with Crippen molar-refractivity contribution >= 4 is 29.2 Å². The third-order valence-corrected chi connectivity index (χ3v) is 5.42. The Morgan fingerprint density at radius 1 is 1.48 bits per heavy atom. The monoisotopic (exact) mass is 393 g/mol. The Kier molecular flexibility index (Phi) is 6.44. The standard InChI is InChI=1S/C19H28ClN5O2/c1-4-25-7-5-6-13(25)11-21-18(26)14-8-15(20)16(9-17(14)27-3)24-19-22-10-12(2)23-19/h8-9,12-13H,4-7,10-11H2,1-3H3,(H,21,26)(H2,22,23,24). The van der Waals surface area contributed by atoms with E-state index in [1.807, 2.05) is 6.92 Å². The van der Waals surface area contributed by atoms with Crippen LogP contribution in [0.4, 0.5) is 5.69 Å². The molecule has 8 heteroatoms. The predicted octanol–water partition coefficient (Wildman–Crippen LogP) is 2.32. The third kappa shape index (κ3) is 4.65. The molecule has 0 spiro atoms. The van der Waals surface area contributed by atoms with Crippen LogP contribution in [0.1, 0.15) is 37.0 Å². The summed E-state index contributed by atoms with van der Waals surface area (Å²) in [4.78, 5) is 19.5. The van der Waals surface area contributed by atoms with Crippen LogP contribution < -0.4 is 20.7 Å². The normalized spacial score (nSPS) is 22.3. The average Bonchev–Trinajstić information content (AvgIpc) is 3.29. The van der Waals surface area contributed by atoms with E-state index in [4.69, 9.17) is 16.3 Å². The van der Waals surface area contributed by atoms with Crippen molar-refractivity contribution in [2.45, 2.75) is 38.8 Å². The number of nitrogens with zero attached hydrogens (tertiary/aromatic N) is 2. The molecule has 0 radical (unpaired) electrons. The number of likely N-dealkylation sites (tertiary alicyclic amines) is 1. The zero-order valence-electron chi connectivity index (χ0n) is 16.1. The summed E-state index contributed by atoms with van der Waals surface area (Å²) in [5, 5.41) is 9.81. The fourth-order valence-electron chi connectivity index (χ4n) is 3.60. The second-order valence-electron chi connectivity index (χ2n) is 7.00. The fraction of sp³-hybridized carbons (Fsp3) is 0.579. The number of carbonyl (C=O) groups is 1. The number of hydrogen-bond donors (Lipinski definition) is 3. The molecule has 148 valence electrons. The lowest BCUT2D eigenvalue weighted by molar-refractivity contribution is 0.0938. The van der Waals surface area contributed by atoms with E-state index in [9.17, 15) is 4.79 Å². The number of carbonyl (C=O) groups excluding carboxylic acids is 1. The Morgan fingerprint density at radius 2 is 2.30 bits per heavy atom. The number of anilines is 1. The smallest absolute Gasteiger partial charge is 0.255 e. The second-order valence-corrected chi connectivity index (χ2v) is 7.41. The molecule has 1 fully saturated rings. The van der Waals surface area contributed by atoms with Crippen LogP contribution in [-0.4, -0.2) is 62.1 Å². The Balaban J connectivity index is 1.70. The zero-order valence-corrected chi connectivity index (χ0v) is 16.9. The van der Waals surface area contributed by atoms with E-state index in [1.165, 1.54) is 6.42 Å². The zero-order chi connectivity index (χ0) is 19.4. The molecule has 2 atom stereocenters. The van der Waals surface area contributed by atoms with E-state index in [-0.39, 0.29) is 11.9 Å². The van der Waals surface area contributed by atoms with Gasteiger partial charge in [-0.25, -0.2) is 4.99 Å². The van der Waals surface area contributed by atoms with Crippen LogP contribution in [0.5, 0.6) is 5.75 Å². The molecule has 1 aromatic carbocycles. The molecule has 0 saturated carbocycles. The molecule has 2 aliphatic rings. The van der Waals surface area contributed by atoms with Crippen molar-refractivity contribution in [3.63, 3.8) is 0 Å². The Labute approximate surface area is 165 Å². The fourth-order valence-corrected chi connectivity index (χ4v) is 3.81. The quantitative estimate of drug-likeness (QED) is 0.691. The maximum Gasteiger partial charge on any atom is 0.255 e. The Bertz CT molecular complexity index is 724. The SMILES string of the molecule is CCN1CCCC1CNC(=O)c1cc(Cl)c(NC2=NC(C)CN2)cc1OC. The second kappa shape index (κ2) is 8.80. The maximum absolute atomic E-state index is 12.7. The van der Waals surface area contributed by atoms with Gasteiger partial charge in [0.05, 0.1) is 29.4 Å². The van der Waals surface area contributed by atoms with Crippen LogP contribution in [0.3, 0.4) is 0 Å². The van der Waals surface area contributed by atoms with Gasteiger partial charge < -0.3 is 20.7 Å². The highest BCUT2D eigenvalue weighted by Crippen LogP contribution is 2.31. The van der Waals surface area contributed by atoms with Crippen LogP contribution >= 0.6 is 11.6 Å². The summed E-state index contributed by atoms with van der Waals surface area (Å²) in [5.74, 6) is 0.975. The van der Waals surface area contributed by atoms with Crippen LogP contribution in [0, 0.1) is 0 Å². The van der Waals surface area contributed by atoms with Gasteiger partial charge in [-0.3, -0.25) is 9.69 Å². The van der Waals surface area contributed by atoms with Gasteiger partial charge in [-0.05, 0) is 38.9 Å². The first-order valence-corrected chi connectivity index (χ1v) is 9.88. The summed E-state index contributed by atoms with van der Waals surface area (Å²) >= 11 is 6.40. The molecule has 0 aliphatic carbocycles. The van der Waals surface area contributed by atoms with Crippen molar-refractivity contribution in [3.05, 3.63) is 22.7 Å². The number of rotatable bonds is 6. The van der Waals surface area contributed by atoms with Gasteiger partial charge in [-0.2, -0.15) is 0 Å². The van der Waals surface area contributed by atoms with Crippen LogP contribution in [0.25, 0.3) is 0 Å². The molecule has 1 saturated heterocycles. The number of nitrogens with one attached hydrogen (secondary N) is 3. The highest BCUT2D eigenvalue weighted by atomic mass is 35.5. The van der Waals surface area contributed by atoms with Crippen molar-refractivity contribution in [1.82, 2.24) is 15.5 Å². The van der Waals surface area contributed by atoms with Gasteiger partial charge in [-0.15, -0.1) is 0 Å². The number of hydrogen-bond acceptors (Lipinski definition) is 6. The third-order valence-electron chi connectivity index (χ3n) is 5.10. The van der Waals surface area contributed by atoms with Crippen LogP contribution in [0.2, 0.25) is 5.02 Å². The van der Waals surface area contributed by atoms with Gasteiger partial charge >= 0.3 is 0 Å². The minimum Gasteiger partial charge on any atom is -0.496 e.